The second-order valence-corrected chi connectivity index (χ2v) is 10.3. The Hall–Kier alpha value is -3.54. The summed E-state index contributed by atoms with van der Waals surface area (Å²) in [5.41, 5.74) is 4.62. The van der Waals surface area contributed by atoms with Gasteiger partial charge < -0.3 is 19.1 Å². The molecule has 2 fully saturated rings. The minimum absolute atomic E-state index is 0.0278. The molecule has 1 aromatic heterocycles. The Balaban J connectivity index is 1.33. The van der Waals surface area contributed by atoms with Crippen molar-refractivity contribution in [1.29, 1.82) is 0 Å². The number of piperazine rings is 1. The Morgan fingerprint density at radius 3 is 2.19 bits per heavy atom. The van der Waals surface area contributed by atoms with E-state index in [1.165, 1.54) is 25.7 Å². The number of aromatic nitrogens is 1. The lowest BCUT2D eigenvalue weighted by molar-refractivity contribution is -0.133. The average molecular weight is 500 g/mol. The number of carbonyl (C=O) groups excluding carboxylic acids is 2. The summed E-state index contributed by atoms with van der Waals surface area (Å²) in [5.74, 6) is 1.79. The van der Waals surface area contributed by atoms with E-state index in [1.54, 1.807) is 7.11 Å². The maximum absolute atomic E-state index is 13.7. The van der Waals surface area contributed by atoms with Gasteiger partial charge in [-0.3, -0.25) is 9.59 Å². The Labute approximate surface area is 219 Å². The number of nitrogens with zero attached hydrogens (tertiary/aromatic N) is 3. The molecule has 5 rings (SSSR count). The van der Waals surface area contributed by atoms with E-state index in [1.807, 2.05) is 65.3 Å². The summed E-state index contributed by atoms with van der Waals surface area (Å²) in [5, 5.41) is 0. The number of benzene rings is 2. The molecule has 6 nitrogen and oxygen atoms in total. The van der Waals surface area contributed by atoms with Gasteiger partial charge in [-0.2, -0.15) is 0 Å². The fraction of sp³-hybridized carbons (Fsp3) is 0.419. The Morgan fingerprint density at radius 2 is 1.54 bits per heavy atom. The van der Waals surface area contributed by atoms with Crippen LogP contribution in [0.5, 0.6) is 5.75 Å². The van der Waals surface area contributed by atoms with E-state index in [4.69, 9.17) is 4.74 Å². The van der Waals surface area contributed by atoms with Gasteiger partial charge in [0.2, 0.25) is 5.91 Å². The maximum Gasteiger partial charge on any atom is 0.255 e. The van der Waals surface area contributed by atoms with E-state index < -0.39 is 0 Å². The molecule has 3 aromatic rings. The maximum atomic E-state index is 13.7. The average Bonchev–Trinajstić information content (AvgIpc) is 3.60. The van der Waals surface area contributed by atoms with Gasteiger partial charge in [0.1, 0.15) is 5.75 Å². The van der Waals surface area contributed by atoms with Gasteiger partial charge in [-0.15, -0.1) is 0 Å². The first-order chi connectivity index (χ1) is 18.0. The van der Waals surface area contributed by atoms with Gasteiger partial charge in [0, 0.05) is 44.0 Å². The highest BCUT2D eigenvalue weighted by Crippen LogP contribution is 2.32. The highest BCUT2D eigenvalue weighted by Gasteiger charge is 2.28. The minimum atomic E-state index is 0.0278. The predicted octanol–water partition coefficient (Wildman–Crippen LogP) is 5.72. The molecule has 0 bridgehead atoms. The molecule has 1 aliphatic carbocycles. The van der Waals surface area contributed by atoms with Crippen molar-refractivity contribution in [3.63, 3.8) is 0 Å². The number of para-hydroxylation sites is 1. The van der Waals surface area contributed by atoms with E-state index in [-0.39, 0.29) is 11.8 Å². The van der Waals surface area contributed by atoms with Crippen LogP contribution in [0.25, 0.3) is 16.9 Å². The quantitative estimate of drug-likeness (QED) is 0.418. The fourth-order valence-electron chi connectivity index (χ4n) is 5.82. The lowest BCUT2D eigenvalue weighted by atomic mass is 10.0. The number of methoxy groups -OCH3 is 1. The van der Waals surface area contributed by atoms with Crippen LogP contribution in [0.4, 0.5) is 0 Å². The molecule has 37 heavy (non-hydrogen) atoms. The Bertz CT molecular complexity index is 1220. The molecule has 0 radical (unpaired) electrons. The Kier molecular flexibility index (Phi) is 7.63. The molecule has 1 saturated carbocycles. The van der Waals surface area contributed by atoms with E-state index in [9.17, 15) is 9.59 Å². The molecule has 2 aliphatic rings. The van der Waals surface area contributed by atoms with Crippen LogP contribution in [0.15, 0.2) is 60.7 Å². The molecule has 2 heterocycles. The first-order valence-electron chi connectivity index (χ1n) is 13.5. The van der Waals surface area contributed by atoms with Crippen molar-refractivity contribution in [1.82, 2.24) is 14.4 Å². The Morgan fingerprint density at radius 1 is 0.892 bits per heavy atom. The summed E-state index contributed by atoms with van der Waals surface area (Å²) in [6, 6.07) is 20.1. The molecule has 2 amide bonds. The molecule has 0 N–H and O–H groups in total. The molecule has 1 saturated heterocycles. The summed E-state index contributed by atoms with van der Waals surface area (Å²) in [6.45, 7) is 4.37. The van der Waals surface area contributed by atoms with Crippen molar-refractivity contribution in [3.8, 4) is 22.7 Å². The van der Waals surface area contributed by atoms with Gasteiger partial charge in [-0.05, 0) is 67.3 Å². The van der Waals surface area contributed by atoms with Gasteiger partial charge in [-0.25, -0.2) is 0 Å². The van der Waals surface area contributed by atoms with Crippen LogP contribution in [0.2, 0.25) is 0 Å². The predicted molar refractivity (Wildman–Crippen MR) is 146 cm³/mol. The number of rotatable bonds is 7. The van der Waals surface area contributed by atoms with Crippen LogP contribution in [-0.4, -0.2) is 59.5 Å². The van der Waals surface area contributed by atoms with Gasteiger partial charge in [0.05, 0.1) is 18.4 Å². The van der Waals surface area contributed by atoms with Gasteiger partial charge in [-0.1, -0.05) is 43.9 Å². The van der Waals surface area contributed by atoms with Crippen LogP contribution in [0, 0.1) is 12.8 Å². The van der Waals surface area contributed by atoms with Gasteiger partial charge >= 0.3 is 0 Å². The zero-order valence-electron chi connectivity index (χ0n) is 22.0. The highest BCUT2D eigenvalue weighted by atomic mass is 16.5. The molecule has 2 aromatic carbocycles. The van der Waals surface area contributed by atoms with E-state index in [0.717, 1.165) is 40.7 Å². The van der Waals surface area contributed by atoms with E-state index in [2.05, 4.69) is 16.7 Å². The topological polar surface area (TPSA) is 54.8 Å². The molecule has 6 heteroatoms. The molecular formula is C31H37N3O3. The first-order valence-corrected chi connectivity index (χ1v) is 13.5. The van der Waals surface area contributed by atoms with Gasteiger partial charge in [0.15, 0.2) is 0 Å². The first kappa shape index (κ1) is 25.1. The molecule has 194 valence electrons. The highest BCUT2D eigenvalue weighted by molar-refractivity contribution is 5.97. The summed E-state index contributed by atoms with van der Waals surface area (Å²) in [6.07, 6.45) is 6.82. The van der Waals surface area contributed by atoms with Crippen LogP contribution >= 0.6 is 0 Å². The van der Waals surface area contributed by atoms with Crippen LogP contribution < -0.4 is 4.74 Å². The summed E-state index contributed by atoms with van der Waals surface area (Å²) >= 11 is 0. The molecule has 0 unspecified atom stereocenters. The van der Waals surface area contributed by atoms with E-state index >= 15 is 0 Å². The standard InChI is InChI=1S/C31H37N3O3/c1-23-28(31(36)33-20-18-32(19-21-33)30(35)17-12-24-8-6-7-9-24)22-29(25-13-15-27(37-2)16-14-25)34(23)26-10-4-3-5-11-26/h3-5,10-11,13-16,22,24H,6-9,12,17-21H2,1-2H3. The SMILES string of the molecule is COc1ccc(-c2cc(C(=O)N3CCN(C(=O)CCC4CCCC4)CC3)c(C)n2-c2ccccc2)cc1. The normalized spacial score (nSPS) is 16.3. The smallest absolute Gasteiger partial charge is 0.255 e. The summed E-state index contributed by atoms with van der Waals surface area (Å²) in [7, 11) is 1.66. The largest absolute Gasteiger partial charge is 0.497 e. The molecular weight excluding hydrogens is 462 g/mol. The second-order valence-electron chi connectivity index (χ2n) is 10.3. The molecule has 1 aliphatic heterocycles. The van der Waals surface area contributed by atoms with Crippen molar-refractivity contribution in [2.45, 2.75) is 45.4 Å². The van der Waals surface area contributed by atoms with Crippen LogP contribution in [-0.2, 0) is 4.79 Å². The van der Waals surface area contributed by atoms with Crippen molar-refractivity contribution in [3.05, 3.63) is 71.9 Å². The molecule has 0 atom stereocenters. The number of ether oxygens (including phenoxy) is 1. The second kappa shape index (κ2) is 11.2. The molecule has 0 spiro atoms. The fourth-order valence-corrected chi connectivity index (χ4v) is 5.82. The van der Waals surface area contributed by atoms with Gasteiger partial charge in [0.25, 0.3) is 5.91 Å². The number of hydrogen-bond donors (Lipinski definition) is 0. The third-order valence-corrected chi connectivity index (χ3v) is 8.04. The van der Waals surface area contributed by atoms with Crippen molar-refractivity contribution >= 4 is 11.8 Å². The van der Waals surface area contributed by atoms with Crippen LogP contribution in [0.3, 0.4) is 0 Å². The third kappa shape index (κ3) is 5.43. The number of carbonyl (C=O) groups is 2. The minimum Gasteiger partial charge on any atom is -0.497 e. The van der Waals surface area contributed by atoms with Crippen molar-refractivity contribution < 1.29 is 14.3 Å². The van der Waals surface area contributed by atoms with E-state index in [0.29, 0.717) is 38.2 Å². The zero-order valence-corrected chi connectivity index (χ0v) is 22.0. The zero-order chi connectivity index (χ0) is 25.8. The summed E-state index contributed by atoms with van der Waals surface area (Å²) < 4.78 is 7.49. The number of hydrogen-bond acceptors (Lipinski definition) is 3. The monoisotopic (exact) mass is 499 g/mol. The van der Waals surface area contributed by atoms with Crippen molar-refractivity contribution in [2.75, 3.05) is 33.3 Å². The summed E-state index contributed by atoms with van der Waals surface area (Å²) in [4.78, 5) is 30.3. The lowest BCUT2D eigenvalue weighted by Crippen LogP contribution is -2.50. The lowest BCUT2D eigenvalue weighted by Gasteiger charge is -2.35. The number of amides is 2. The van der Waals surface area contributed by atoms with Crippen molar-refractivity contribution in [2.24, 2.45) is 5.92 Å². The van der Waals surface area contributed by atoms with Crippen LogP contribution in [0.1, 0.15) is 54.6 Å². The third-order valence-electron chi connectivity index (χ3n) is 8.04.